The Hall–Kier alpha value is -2.78. The Bertz CT molecular complexity index is 788. The van der Waals surface area contributed by atoms with Crippen LogP contribution in [0.15, 0.2) is 53.1 Å². The minimum absolute atomic E-state index is 0.0509. The largest absolute Gasteiger partial charge is 0.372 e. The number of hydrogen-bond acceptors (Lipinski definition) is 3. The van der Waals surface area contributed by atoms with Crippen LogP contribution in [0, 0.1) is 28.1 Å². The minimum Gasteiger partial charge on any atom is -0.372 e. The van der Waals surface area contributed by atoms with Crippen LogP contribution < -0.4 is 4.90 Å². The van der Waals surface area contributed by atoms with Crippen LogP contribution in [-0.4, -0.2) is 13.1 Å². The Labute approximate surface area is 157 Å². The first-order valence-corrected chi connectivity index (χ1v) is 9.19. The molecular formula is C23H27N3. The standard InChI is InChI=1S/C23H27N3/c1-5-26(6-2)22-11-9-18(10-12-22)7-8-19-13-20(21(16-24)17-25)15-23(3,4)14-19/h7-13H,5-6,14-15H2,1-4H3/b8-7+. The van der Waals surface area contributed by atoms with Gasteiger partial charge in [0.1, 0.15) is 17.7 Å². The normalized spacial score (nSPS) is 15.9. The molecule has 26 heavy (non-hydrogen) atoms. The van der Waals surface area contributed by atoms with Crippen molar-refractivity contribution in [3.8, 4) is 12.1 Å². The van der Waals surface area contributed by atoms with Gasteiger partial charge in [0.25, 0.3) is 0 Å². The van der Waals surface area contributed by atoms with E-state index in [1.54, 1.807) is 0 Å². The summed E-state index contributed by atoms with van der Waals surface area (Å²) in [6.45, 7) is 10.7. The lowest BCUT2D eigenvalue weighted by atomic mass is 9.74. The summed E-state index contributed by atoms with van der Waals surface area (Å²) >= 11 is 0. The third kappa shape index (κ3) is 4.87. The van der Waals surface area contributed by atoms with Gasteiger partial charge in [0.2, 0.25) is 0 Å². The molecule has 0 aliphatic heterocycles. The van der Waals surface area contributed by atoms with Gasteiger partial charge >= 0.3 is 0 Å². The highest BCUT2D eigenvalue weighted by atomic mass is 15.1. The van der Waals surface area contributed by atoms with E-state index in [4.69, 9.17) is 0 Å². The van der Waals surface area contributed by atoms with E-state index in [1.165, 1.54) is 5.69 Å². The van der Waals surface area contributed by atoms with Crippen molar-refractivity contribution in [3.05, 3.63) is 58.7 Å². The molecule has 2 rings (SSSR count). The van der Waals surface area contributed by atoms with Crippen LogP contribution in [0.3, 0.4) is 0 Å². The maximum atomic E-state index is 9.17. The SMILES string of the molecule is CCN(CC)c1ccc(/C=C/C2=CC(=C(C#N)C#N)CC(C)(C)C2)cc1. The lowest BCUT2D eigenvalue weighted by molar-refractivity contribution is 0.354. The quantitative estimate of drug-likeness (QED) is 0.649. The van der Waals surface area contributed by atoms with E-state index in [2.05, 4.69) is 69.0 Å². The molecule has 1 aromatic carbocycles. The lowest BCUT2D eigenvalue weighted by Gasteiger charge is -2.30. The Balaban J connectivity index is 2.25. The molecule has 1 aromatic rings. The van der Waals surface area contributed by atoms with Gasteiger partial charge in [-0.2, -0.15) is 10.5 Å². The number of hydrogen-bond donors (Lipinski definition) is 0. The Morgan fingerprint density at radius 1 is 1.04 bits per heavy atom. The molecule has 0 radical (unpaired) electrons. The molecule has 0 saturated carbocycles. The van der Waals surface area contributed by atoms with Crippen molar-refractivity contribution < 1.29 is 0 Å². The third-order valence-electron chi connectivity index (χ3n) is 4.77. The molecule has 0 atom stereocenters. The third-order valence-corrected chi connectivity index (χ3v) is 4.77. The number of rotatable bonds is 5. The van der Waals surface area contributed by atoms with Crippen LogP contribution in [0.5, 0.6) is 0 Å². The maximum absolute atomic E-state index is 9.17. The van der Waals surface area contributed by atoms with Crippen molar-refractivity contribution in [2.75, 3.05) is 18.0 Å². The van der Waals surface area contributed by atoms with E-state index in [0.717, 1.165) is 42.6 Å². The predicted molar refractivity (Wildman–Crippen MR) is 108 cm³/mol. The number of anilines is 1. The van der Waals surface area contributed by atoms with Crippen LogP contribution in [-0.2, 0) is 0 Å². The zero-order valence-corrected chi connectivity index (χ0v) is 16.2. The summed E-state index contributed by atoms with van der Waals surface area (Å²) in [6, 6.07) is 12.6. The van der Waals surface area contributed by atoms with Crippen LogP contribution in [0.2, 0.25) is 0 Å². The molecule has 0 N–H and O–H groups in total. The average Bonchev–Trinajstić information content (AvgIpc) is 2.62. The van der Waals surface area contributed by atoms with E-state index in [9.17, 15) is 10.5 Å². The van der Waals surface area contributed by atoms with Crippen LogP contribution in [0.4, 0.5) is 5.69 Å². The van der Waals surface area contributed by atoms with E-state index in [-0.39, 0.29) is 11.0 Å². The first-order chi connectivity index (χ1) is 12.4. The second-order valence-corrected chi connectivity index (χ2v) is 7.46. The van der Waals surface area contributed by atoms with Crippen molar-refractivity contribution >= 4 is 11.8 Å². The Morgan fingerprint density at radius 3 is 2.19 bits per heavy atom. The van der Waals surface area contributed by atoms with Crippen molar-refractivity contribution in [2.45, 2.75) is 40.5 Å². The van der Waals surface area contributed by atoms with Gasteiger partial charge in [-0.15, -0.1) is 0 Å². The summed E-state index contributed by atoms with van der Waals surface area (Å²) in [6.07, 6.45) is 7.93. The molecular weight excluding hydrogens is 318 g/mol. The van der Waals surface area contributed by atoms with Gasteiger partial charge in [0.05, 0.1) is 0 Å². The zero-order valence-electron chi connectivity index (χ0n) is 16.2. The highest BCUT2D eigenvalue weighted by Crippen LogP contribution is 2.39. The molecule has 0 bridgehead atoms. The van der Waals surface area contributed by atoms with Gasteiger partial charge in [-0.1, -0.05) is 44.2 Å². The second kappa shape index (κ2) is 8.54. The van der Waals surface area contributed by atoms with Crippen molar-refractivity contribution in [1.82, 2.24) is 0 Å². The van der Waals surface area contributed by atoms with Crippen LogP contribution in [0.1, 0.15) is 46.1 Å². The van der Waals surface area contributed by atoms with Gasteiger partial charge in [0, 0.05) is 18.8 Å². The molecule has 0 fully saturated rings. The van der Waals surface area contributed by atoms with Gasteiger partial charge < -0.3 is 4.90 Å². The molecule has 0 amide bonds. The Morgan fingerprint density at radius 2 is 1.65 bits per heavy atom. The average molecular weight is 345 g/mol. The summed E-state index contributed by atoms with van der Waals surface area (Å²) in [5.74, 6) is 0. The van der Waals surface area contributed by atoms with Crippen molar-refractivity contribution in [3.63, 3.8) is 0 Å². The zero-order chi connectivity index (χ0) is 19.2. The van der Waals surface area contributed by atoms with E-state index < -0.39 is 0 Å². The molecule has 0 unspecified atom stereocenters. The number of nitriles is 2. The van der Waals surface area contributed by atoms with Gasteiger partial charge in [0.15, 0.2) is 0 Å². The summed E-state index contributed by atoms with van der Waals surface area (Å²) in [5.41, 5.74) is 4.68. The van der Waals surface area contributed by atoms with Crippen molar-refractivity contribution in [2.24, 2.45) is 5.41 Å². The lowest BCUT2D eigenvalue weighted by Crippen LogP contribution is -2.21. The first-order valence-electron chi connectivity index (χ1n) is 9.19. The fourth-order valence-corrected chi connectivity index (χ4v) is 3.48. The molecule has 0 heterocycles. The number of benzene rings is 1. The molecule has 1 aliphatic rings. The molecule has 3 nitrogen and oxygen atoms in total. The smallest absolute Gasteiger partial charge is 0.132 e. The molecule has 0 saturated heterocycles. The number of allylic oxidation sites excluding steroid dienone is 5. The first kappa shape index (κ1) is 19.5. The van der Waals surface area contributed by atoms with Crippen LogP contribution in [0.25, 0.3) is 6.08 Å². The fraction of sp³-hybridized carbons (Fsp3) is 0.391. The van der Waals surface area contributed by atoms with Crippen LogP contribution >= 0.6 is 0 Å². The maximum Gasteiger partial charge on any atom is 0.132 e. The van der Waals surface area contributed by atoms with Crippen molar-refractivity contribution in [1.29, 1.82) is 10.5 Å². The van der Waals surface area contributed by atoms with E-state index in [1.807, 2.05) is 18.2 Å². The molecule has 0 aromatic heterocycles. The summed E-state index contributed by atoms with van der Waals surface area (Å²) in [4.78, 5) is 2.32. The fourth-order valence-electron chi connectivity index (χ4n) is 3.48. The van der Waals surface area contributed by atoms with Gasteiger partial charge in [-0.25, -0.2) is 0 Å². The number of nitrogens with zero attached hydrogens (tertiary/aromatic N) is 3. The summed E-state index contributed by atoms with van der Waals surface area (Å²) in [7, 11) is 0. The Kier molecular flexibility index (Phi) is 6.42. The minimum atomic E-state index is 0.0509. The highest BCUT2D eigenvalue weighted by Gasteiger charge is 2.26. The molecule has 134 valence electrons. The predicted octanol–water partition coefficient (Wildman–Crippen LogP) is 5.64. The van der Waals surface area contributed by atoms with Gasteiger partial charge in [-0.05, 0) is 60.9 Å². The highest BCUT2D eigenvalue weighted by molar-refractivity contribution is 5.59. The molecule has 1 aliphatic carbocycles. The molecule has 0 spiro atoms. The summed E-state index contributed by atoms with van der Waals surface area (Å²) < 4.78 is 0. The summed E-state index contributed by atoms with van der Waals surface area (Å²) in [5, 5.41) is 18.3. The molecule has 3 heteroatoms. The second-order valence-electron chi connectivity index (χ2n) is 7.46. The topological polar surface area (TPSA) is 50.8 Å². The van der Waals surface area contributed by atoms with Gasteiger partial charge in [-0.3, -0.25) is 0 Å². The van der Waals surface area contributed by atoms with E-state index >= 15 is 0 Å². The monoisotopic (exact) mass is 345 g/mol. The van der Waals surface area contributed by atoms with E-state index in [0.29, 0.717) is 0 Å².